The summed E-state index contributed by atoms with van der Waals surface area (Å²) in [6.07, 6.45) is -7.01. The van der Waals surface area contributed by atoms with Gasteiger partial charge < -0.3 is 26.2 Å². The Kier molecular flexibility index (Phi) is 8.24. The molecule has 4 aromatic rings. The van der Waals surface area contributed by atoms with Crippen molar-refractivity contribution in [3.05, 3.63) is 90.0 Å². The highest BCUT2D eigenvalue weighted by Gasteiger charge is 2.44. The number of alkyl halides is 3. The standard InChI is InChI=1S/C29H28F3N5O3/c1-37(2)20-7-5-6-19(15-20)21-8-3-4-9-22(21)26(29(30,31)32)40-25-16-24(35-28(34)36-25)18-12-10-17(11-13-18)14-23(33)27(38)39/h3-13,15-16,23,26H,14,33H2,1-2H3,(H,38,39)(H2,34,35,36)/t23-,26?/m0/s1. The van der Waals surface area contributed by atoms with Crippen LogP contribution < -0.4 is 21.1 Å². The molecular weight excluding hydrogens is 523 g/mol. The van der Waals surface area contributed by atoms with E-state index < -0.39 is 24.3 Å². The molecule has 3 aromatic carbocycles. The maximum Gasteiger partial charge on any atom is 0.429 e. The molecule has 1 aromatic heterocycles. The zero-order valence-corrected chi connectivity index (χ0v) is 21.8. The number of nitrogens with zero attached hydrogens (tertiary/aromatic N) is 3. The average Bonchev–Trinajstić information content (AvgIpc) is 2.91. The van der Waals surface area contributed by atoms with E-state index in [4.69, 9.17) is 21.3 Å². The van der Waals surface area contributed by atoms with E-state index in [-0.39, 0.29) is 29.5 Å². The van der Waals surface area contributed by atoms with Crippen molar-refractivity contribution >= 4 is 17.6 Å². The van der Waals surface area contributed by atoms with Crippen molar-refractivity contribution in [2.24, 2.45) is 5.73 Å². The smallest absolute Gasteiger partial charge is 0.429 e. The van der Waals surface area contributed by atoms with E-state index in [2.05, 4.69) is 9.97 Å². The van der Waals surface area contributed by atoms with Crippen LogP contribution in [-0.2, 0) is 11.2 Å². The third kappa shape index (κ3) is 6.67. The normalized spacial score (nSPS) is 12.9. The lowest BCUT2D eigenvalue weighted by molar-refractivity contribution is -0.198. The number of aliphatic carboxylic acids is 1. The van der Waals surface area contributed by atoms with Crippen LogP contribution in [0.5, 0.6) is 5.88 Å². The second-order valence-corrected chi connectivity index (χ2v) is 9.37. The number of ether oxygens (including phenoxy) is 1. The molecule has 0 radical (unpaired) electrons. The average molecular weight is 552 g/mol. The summed E-state index contributed by atoms with van der Waals surface area (Å²) in [7, 11) is 3.70. The molecule has 0 aliphatic rings. The maximum atomic E-state index is 14.5. The molecule has 0 fully saturated rings. The number of hydrogen-bond donors (Lipinski definition) is 3. The summed E-state index contributed by atoms with van der Waals surface area (Å²) in [5.74, 6) is -1.74. The van der Waals surface area contributed by atoms with Gasteiger partial charge in [-0.05, 0) is 35.2 Å². The highest BCUT2D eigenvalue weighted by Crippen LogP contribution is 2.41. The van der Waals surface area contributed by atoms with Crippen LogP contribution in [0, 0.1) is 0 Å². The van der Waals surface area contributed by atoms with Gasteiger partial charge in [0.1, 0.15) is 6.04 Å². The van der Waals surface area contributed by atoms with E-state index in [1.54, 1.807) is 54.6 Å². The van der Waals surface area contributed by atoms with Crippen molar-refractivity contribution in [3.63, 3.8) is 0 Å². The van der Waals surface area contributed by atoms with Gasteiger partial charge in [0.2, 0.25) is 17.9 Å². The molecule has 0 saturated heterocycles. The molecule has 11 heteroatoms. The minimum absolute atomic E-state index is 0.0799. The Labute approximate surface area is 229 Å². The molecule has 4 rings (SSSR count). The number of nitrogens with two attached hydrogens (primary N) is 2. The molecule has 8 nitrogen and oxygen atoms in total. The van der Waals surface area contributed by atoms with Crippen LogP contribution in [0.15, 0.2) is 78.9 Å². The molecule has 0 bridgehead atoms. The molecule has 0 saturated carbocycles. The van der Waals surface area contributed by atoms with E-state index >= 15 is 0 Å². The van der Waals surface area contributed by atoms with Gasteiger partial charge in [-0.2, -0.15) is 18.2 Å². The van der Waals surface area contributed by atoms with Crippen molar-refractivity contribution in [3.8, 4) is 28.3 Å². The second kappa shape index (κ2) is 11.6. The van der Waals surface area contributed by atoms with Crippen molar-refractivity contribution in [2.45, 2.75) is 24.7 Å². The molecule has 0 spiro atoms. The zero-order chi connectivity index (χ0) is 29.0. The molecule has 0 aliphatic carbocycles. The number of rotatable bonds is 9. The van der Waals surface area contributed by atoms with E-state index in [9.17, 15) is 18.0 Å². The molecule has 1 unspecified atom stereocenters. The lowest BCUT2D eigenvalue weighted by Gasteiger charge is -2.24. The summed E-state index contributed by atoms with van der Waals surface area (Å²) < 4.78 is 48.9. The molecule has 0 amide bonds. The van der Waals surface area contributed by atoms with Crippen LogP contribution in [0.4, 0.5) is 24.8 Å². The number of carboxylic acids is 1. The Bertz CT molecular complexity index is 1490. The Hall–Kier alpha value is -4.64. The molecule has 1 heterocycles. The van der Waals surface area contributed by atoms with Gasteiger partial charge in [-0.1, -0.05) is 60.7 Å². The van der Waals surface area contributed by atoms with Crippen LogP contribution >= 0.6 is 0 Å². The fourth-order valence-electron chi connectivity index (χ4n) is 4.17. The number of anilines is 2. The summed E-state index contributed by atoms with van der Waals surface area (Å²) in [6, 6.07) is 20.2. The number of nitrogen functional groups attached to an aromatic ring is 1. The summed E-state index contributed by atoms with van der Waals surface area (Å²) in [5.41, 5.74) is 14.6. The van der Waals surface area contributed by atoms with Gasteiger partial charge in [0.25, 0.3) is 0 Å². The topological polar surface area (TPSA) is 128 Å². The summed E-state index contributed by atoms with van der Waals surface area (Å²) in [6.45, 7) is 0. The molecular formula is C29H28F3N5O3. The predicted octanol–water partition coefficient (Wildman–Crippen LogP) is 5.10. The van der Waals surface area contributed by atoms with Crippen LogP contribution in [0.3, 0.4) is 0 Å². The van der Waals surface area contributed by atoms with Gasteiger partial charge in [0, 0.05) is 37.0 Å². The first-order valence-corrected chi connectivity index (χ1v) is 12.2. The number of benzene rings is 3. The van der Waals surface area contributed by atoms with Gasteiger partial charge >= 0.3 is 12.1 Å². The number of carbonyl (C=O) groups is 1. The number of hydrogen-bond acceptors (Lipinski definition) is 7. The van der Waals surface area contributed by atoms with Crippen LogP contribution in [0.25, 0.3) is 22.4 Å². The number of aromatic nitrogens is 2. The lowest BCUT2D eigenvalue weighted by atomic mass is 9.95. The van der Waals surface area contributed by atoms with E-state index in [1.165, 1.54) is 18.2 Å². The molecule has 40 heavy (non-hydrogen) atoms. The predicted molar refractivity (Wildman–Crippen MR) is 147 cm³/mol. The van der Waals surface area contributed by atoms with Crippen molar-refractivity contribution in [2.75, 3.05) is 24.7 Å². The lowest BCUT2D eigenvalue weighted by Crippen LogP contribution is -2.32. The Morgan fingerprint density at radius 1 is 0.975 bits per heavy atom. The van der Waals surface area contributed by atoms with Crippen molar-refractivity contribution in [1.82, 2.24) is 9.97 Å². The first-order valence-electron chi connectivity index (χ1n) is 12.2. The van der Waals surface area contributed by atoms with Crippen LogP contribution in [0.2, 0.25) is 0 Å². The van der Waals surface area contributed by atoms with Gasteiger partial charge in [-0.3, -0.25) is 4.79 Å². The fourth-order valence-corrected chi connectivity index (χ4v) is 4.17. The van der Waals surface area contributed by atoms with Gasteiger partial charge in [-0.15, -0.1) is 0 Å². The van der Waals surface area contributed by atoms with Crippen molar-refractivity contribution < 1.29 is 27.8 Å². The highest BCUT2D eigenvalue weighted by molar-refractivity contribution is 5.74. The van der Waals surface area contributed by atoms with Crippen LogP contribution in [0.1, 0.15) is 17.2 Å². The number of halogens is 3. The molecule has 0 aliphatic heterocycles. The second-order valence-electron chi connectivity index (χ2n) is 9.37. The molecule has 2 atom stereocenters. The minimum atomic E-state index is -4.78. The monoisotopic (exact) mass is 551 g/mol. The zero-order valence-electron chi connectivity index (χ0n) is 21.8. The van der Waals surface area contributed by atoms with Gasteiger partial charge in [0.15, 0.2) is 0 Å². The SMILES string of the molecule is CN(C)c1cccc(-c2ccccc2C(Oc2cc(-c3ccc(C[C@H](N)C(=O)O)cc3)nc(N)n2)C(F)(F)F)c1. The first-order chi connectivity index (χ1) is 18.9. The van der Waals surface area contributed by atoms with E-state index in [0.717, 1.165) is 5.69 Å². The Morgan fingerprint density at radius 2 is 1.68 bits per heavy atom. The van der Waals surface area contributed by atoms with Gasteiger partial charge in [0.05, 0.1) is 5.69 Å². The molecule has 5 N–H and O–H groups in total. The summed E-state index contributed by atoms with van der Waals surface area (Å²) in [5, 5.41) is 9.01. The maximum absolute atomic E-state index is 14.5. The highest BCUT2D eigenvalue weighted by atomic mass is 19.4. The fraction of sp³-hybridized carbons (Fsp3) is 0.207. The Morgan fingerprint density at radius 3 is 2.33 bits per heavy atom. The summed E-state index contributed by atoms with van der Waals surface area (Å²) in [4.78, 5) is 20.9. The number of carboxylic acid groups (broad SMARTS) is 1. The third-order valence-electron chi connectivity index (χ3n) is 6.20. The van der Waals surface area contributed by atoms with Crippen molar-refractivity contribution in [1.29, 1.82) is 0 Å². The van der Waals surface area contributed by atoms with E-state index in [0.29, 0.717) is 22.3 Å². The first kappa shape index (κ1) is 28.4. The minimum Gasteiger partial charge on any atom is -0.480 e. The Balaban J connectivity index is 1.68. The van der Waals surface area contributed by atoms with Gasteiger partial charge in [-0.25, -0.2) is 4.98 Å². The third-order valence-corrected chi connectivity index (χ3v) is 6.20. The summed E-state index contributed by atoms with van der Waals surface area (Å²) >= 11 is 0. The van der Waals surface area contributed by atoms with E-state index in [1.807, 2.05) is 25.1 Å². The molecule has 208 valence electrons. The van der Waals surface area contributed by atoms with Crippen LogP contribution in [-0.4, -0.2) is 47.4 Å². The largest absolute Gasteiger partial charge is 0.480 e. The quantitative estimate of drug-likeness (QED) is 0.262.